The third-order valence-corrected chi connectivity index (χ3v) is 4.77. The van der Waals surface area contributed by atoms with Crippen molar-refractivity contribution in [3.63, 3.8) is 0 Å². The summed E-state index contributed by atoms with van der Waals surface area (Å²) in [5.41, 5.74) is 7.84. The van der Waals surface area contributed by atoms with Gasteiger partial charge in [-0.2, -0.15) is 0 Å². The van der Waals surface area contributed by atoms with Gasteiger partial charge in [0, 0.05) is 30.6 Å². The summed E-state index contributed by atoms with van der Waals surface area (Å²) in [5.74, 6) is 2.18. The predicted molar refractivity (Wildman–Crippen MR) is 107 cm³/mol. The normalized spacial score (nSPS) is 15.3. The molecule has 2 heterocycles. The molecule has 134 valence electrons. The molecule has 0 saturated carbocycles. The van der Waals surface area contributed by atoms with Gasteiger partial charge in [-0.05, 0) is 35.6 Å². The summed E-state index contributed by atoms with van der Waals surface area (Å²) in [7, 11) is 0. The molecule has 26 heavy (non-hydrogen) atoms. The van der Waals surface area contributed by atoms with Gasteiger partial charge in [-0.15, -0.1) is 0 Å². The summed E-state index contributed by atoms with van der Waals surface area (Å²) in [5, 5.41) is 2.26. The number of benzene rings is 2. The number of nitrogen functional groups attached to an aromatic ring is 1. The second-order valence-corrected chi connectivity index (χ2v) is 7.46. The number of nitrogens with two attached hydrogens (primary N) is 1. The average Bonchev–Trinajstić information content (AvgIpc) is 2.59. The maximum absolute atomic E-state index is 6.30. The number of rotatable bonds is 5. The minimum absolute atomic E-state index is 0.272. The van der Waals surface area contributed by atoms with E-state index in [2.05, 4.69) is 60.1 Å². The molecule has 1 aliphatic rings. The lowest BCUT2D eigenvalue weighted by atomic mass is 10.0. The van der Waals surface area contributed by atoms with Gasteiger partial charge >= 0.3 is 0 Å². The van der Waals surface area contributed by atoms with Gasteiger partial charge in [-0.3, -0.25) is 4.90 Å². The highest BCUT2D eigenvalue weighted by Crippen LogP contribution is 2.35. The lowest BCUT2D eigenvalue weighted by Gasteiger charge is -2.40. The Hall–Kier alpha value is -2.59. The van der Waals surface area contributed by atoms with Gasteiger partial charge in [0.15, 0.2) is 0 Å². The zero-order chi connectivity index (χ0) is 18.1. The second kappa shape index (κ2) is 6.96. The van der Waals surface area contributed by atoms with E-state index < -0.39 is 0 Å². The zero-order valence-corrected chi connectivity index (χ0v) is 15.4. The molecule has 0 spiro atoms. The van der Waals surface area contributed by atoms with Crippen LogP contribution in [0.2, 0.25) is 0 Å². The van der Waals surface area contributed by atoms with Crippen molar-refractivity contribution in [2.24, 2.45) is 5.92 Å². The molecule has 2 N–H and O–H groups in total. The topological polar surface area (TPSA) is 51.4 Å². The highest BCUT2D eigenvalue weighted by Gasteiger charge is 2.29. The van der Waals surface area contributed by atoms with Crippen molar-refractivity contribution < 1.29 is 4.74 Å². The van der Waals surface area contributed by atoms with Crippen LogP contribution in [0, 0.1) is 5.92 Å². The minimum Gasteiger partial charge on any atom is -0.487 e. The minimum atomic E-state index is 0.272. The van der Waals surface area contributed by atoms with Crippen molar-refractivity contribution in [3.05, 3.63) is 54.6 Å². The number of anilines is 1. The monoisotopic (exact) mass is 347 g/mol. The Morgan fingerprint density at radius 1 is 1.04 bits per heavy atom. The average molecular weight is 347 g/mol. The standard InChI is InChI=1S/C22H25N3O/c1-15(2)12-25-13-16(14-25)26-21-11-10-18(17-6-3-4-7-19(17)21)20-8-5-9-22(23)24-20/h3-11,15-16H,12-14H2,1-2H3,(H2,23,24). The van der Waals surface area contributed by atoms with Crippen molar-refractivity contribution in [1.29, 1.82) is 0 Å². The highest BCUT2D eigenvalue weighted by molar-refractivity contribution is 5.99. The Balaban J connectivity index is 1.61. The highest BCUT2D eigenvalue weighted by atomic mass is 16.5. The van der Waals surface area contributed by atoms with Crippen molar-refractivity contribution in [2.75, 3.05) is 25.4 Å². The maximum Gasteiger partial charge on any atom is 0.127 e. The molecule has 1 aliphatic heterocycles. The van der Waals surface area contributed by atoms with Crippen molar-refractivity contribution >= 4 is 16.6 Å². The number of pyridine rings is 1. The molecule has 4 nitrogen and oxygen atoms in total. The van der Waals surface area contributed by atoms with E-state index in [-0.39, 0.29) is 6.10 Å². The van der Waals surface area contributed by atoms with E-state index >= 15 is 0 Å². The second-order valence-electron chi connectivity index (χ2n) is 7.46. The molecule has 1 saturated heterocycles. The number of ether oxygens (including phenoxy) is 1. The van der Waals surface area contributed by atoms with Crippen molar-refractivity contribution in [1.82, 2.24) is 9.88 Å². The molecule has 0 unspecified atom stereocenters. The Labute approximate surface area is 154 Å². The molecule has 2 aromatic carbocycles. The van der Waals surface area contributed by atoms with E-state index in [4.69, 9.17) is 10.5 Å². The van der Waals surface area contributed by atoms with Gasteiger partial charge in [-0.25, -0.2) is 4.98 Å². The molecule has 4 rings (SSSR count). The van der Waals surface area contributed by atoms with Crippen LogP contribution < -0.4 is 10.5 Å². The largest absolute Gasteiger partial charge is 0.487 e. The summed E-state index contributed by atoms with van der Waals surface area (Å²) in [6.07, 6.45) is 0.272. The number of fused-ring (bicyclic) bond motifs is 1. The lowest BCUT2D eigenvalue weighted by molar-refractivity contribution is 0.0140. The fraction of sp³-hybridized carbons (Fsp3) is 0.318. The zero-order valence-electron chi connectivity index (χ0n) is 15.4. The Kier molecular flexibility index (Phi) is 4.51. The summed E-state index contributed by atoms with van der Waals surface area (Å²) < 4.78 is 6.30. The first-order valence-electron chi connectivity index (χ1n) is 9.24. The third-order valence-electron chi connectivity index (χ3n) is 4.77. The van der Waals surface area contributed by atoms with E-state index in [1.54, 1.807) is 0 Å². The molecule has 1 fully saturated rings. The summed E-state index contributed by atoms with van der Waals surface area (Å²) in [4.78, 5) is 6.93. The molecule has 0 radical (unpaired) electrons. The molecular formula is C22H25N3O. The summed E-state index contributed by atoms with van der Waals surface area (Å²) >= 11 is 0. The van der Waals surface area contributed by atoms with Gasteiger partial charge in [0.25, 0.3) is 0 Å². The number of likely N-dealkylation sites (tertiary alicyclic amines) is 1. The van der Waals surface area contributed by atoms with E-state index in [1.807, 2.05) is 18.2 Å². The van der Waals surface area contributed by atoms with E-state index in [0.29, 0.717) is 11.7 Å². The first-order chi connectivity index (χ1) is 12.6. The van der Waals surface area contributed by atoms with Crippen LogP contribution in [0.15, 0.2) is 54.6 Å². The molecule has 0 atom stereocenters. The molecule has 0 aliphatic carbocycles. The van der Waals surface area contributed by atoms with Crippen LogP contribution in [-0.4, -0.2) is 35.6 Å². The van der Waals surface area contributed by atoms with E-state index in [1.165, 1.54) is 0 Å². The van der Waals surface area contributed by atoms with Crippen LogP contribution in [0.1, 0.15) is 13.8 Å². The van der Waals surface area contributed by atoms with E-state index in [9.17, 15) is 0 Å². The number of nitrogens with zero attached hydrogens (tertiary/aromatic N) is 2. The molecule has 0 bridgehead atoms. The van der Waals surface area contributed by atoms with Crippen molar-refractivity contribution in [3.8, 4) is 17.0 Å². The van der Waals surface area contributed by atoms with Crippen LogP contribution in [0.5, 0.6) is 5.75 Å². The molecule has 1 aromatic heterocycles. The van der Waals surface area contributed by atoms with Gasteiger partial charge in [0.2, 0.25) is 0 Å². The first-order valence-corrected chi connectivity index (χ1v) is 9.24. The Morgan fingerprint density at radius 2 is 1.81 bits per heavy atom. The van der Waals surface area contributed by atoms with Crippen molar-refractivity contribution in [2.45, 2.75) is 20.0 Å². The molecular weight excluding hydrogens is 322 g/mol. The van der Waals surface area contributed by atoms with Gasteiger partial charge in [0.1, 0.15) is 17.7 Å². The molecule has 0 amide bonds. The van der Waals surface area contributed by atoms with Crippen LogP contribution >= 0.6 is 0 Å². The molecule has 4 heteroatoms. The van der Waals surface area contributed by atoms with Gasteiger partial charge < -0.3 is 10.5 Å². The number of hydrogen-bond acceptors (Lipinski definition) is 4. The maximum atomic E-state index is 6.30. The smallest absolute Gasteiger partial charge is 0.127 e. The quantitative estimate of drug-likeness (QED) is 0.751. The predicted octanol–water partition coefficient (Wildman–Crippen LogP) is 4.20. The molecule has 3 aromatic rings. The summed E-state index contributed by atoms with van der Waals surface area (Å²) in [6, 6.07) is 18.2. The number of hydrogen-bond donors (Lipinski definition) is 1. The summed E-state index contributed by atoms with van der Waals surface area (Å²) in [6.45, 7) is 7.66. The van der Waals surface area contributed by atoms with E-state index in [0.717, 1.165) is 47.4 Å². The third kappa shape index (κ3) is 3.37. The fourth-order valence-electron chi connectivity index (χ4n) is 3.64. The number of aromatic nitrogens is 1. The van der Waals surface area contributed by atoms with Crippen LogP contribution in [0.4, 0.5) is 5.82 Å². The first kappa shape index (κ1) is 16.9. The van der Waals surface area contributed by atoms with Crippen LogP contribution in [0.25, 0.3) is 22.0 Å². The SMILES string of the molecule is CC(C)CN1CC(Oc2ccc(-c3cccc(N)n3)c3ccccc23)C1. The van der Waals surface area contributed by atoms with Gasteiger partial charge in [0.05, 0.1) is 5.69 Å². The Morgan fingerprint density at radius 3 is 2.54 bits per heavy atom. The Bertz CT molecular complexity index is 916. The van der Waals surface area contributed by atoms with Gasteiger partial charge in [-0.1, -0.05) is 44.2 Å². The fourth-order valence-corrected chi connectivity index (χ4v) is 3.64. The van der Waals surface area contributed by atoms with Crippen LogP contribution in [-0.2, 0) is 0 Å². The van der Waals surface area contributed by atoms with Crippen LogP contribution in [0.3, 0.4) is 0 Å². The lowest BCUT2D eigenvalue weighted by Crippen LogP contribution is -2.54.